The fourth-order valence-corrected chi connectivity index (χ4v) is 2.31. The monoisotopic (exact) mass is 297 g/mol. The summed E-state index contributed by atoms with van der Waals surface area (Å²) in [4.78, 5) is 26.6. The van der Waals surface area contributed by atoms with Gasteiger partial charge in [0.05, 0.1) is 6.54 Å². The predicted octanol–water partition coefficient (Wildman–Crippen LogP) is 1.45. The van der Waals surface area contributed by atoms with E-state index in [2.05, 4.69) is 0 Å². The smallest absolute Gasteiger partial charge is 0.246 e. The molecule has 2 amide bonds. The summed E-state index contributed by atoms with van der Waals surface area (Å²) in [7, 11) is 1.63. The minimum atomic E-state index is -0.113. The number of halogens is 1. The van der Waals surface area contributed by atoms with Gasteiger partial charge >= 0.3 is 0 Å². The van der Waals surface area contributed by atoms with E-state index in [0.29, 0.717) is 6.54 Å². The van der Waals surface area contributed by atoms with Crippen molar-refractivity contribution in [1.82, 2.24) is 4.90 Å². The lowest BCUT2D eigenvalue weighted by molar-refractivity contribution is -0.132. The molecule has 5 nitrogen and oxygen atoms in total. The second kappa shape index (κ2) is 6.61. The van der Waals surface area contributed by atoms with Gasteiger partial charge in [-0.2, -0.15) is 0 Å². The average molecular weight is 298 g/mol. The van der Waals surface area contributed by atoms with Crippen molar-refractivity contribution in [3.63, 3.8) is 0 Å². The largest absolute Gasteiger partial charge is 0.398 e. The van der Waals surface area contributed by atoms with Gasteiger partial charge in [0.2, 0.25) is 11.8 Å². The van der Waals surface area contributed by atoms with Crippen LogP contribution < -0.4 is 10.6 Å². The summed E-state index contributed by atoms with van der Waals surface area (Å²) in [5, 5.41) is 0. The molecule has 0 saturated heterocycles. The second-order valence-corrected chi connectivity index (χ2v) is 4.87. The molecule has 110 valence electrons. The van der Waals surface area contributed by atoms with Gasteiger partial charge in [0, 0.05) is 31.9 Å². The minimum absolute atomic E-state index is 0. The molecule has 0 fully saturated rings. The van der Waals surface area contributed by atoms with Crippen molar-refractivity contribution in [3.05, 3.63) is 23.8 Å². The predicted molar refractivity (Wildman–Crippen MR) is 82.1 cm³/mol. The van der Waals surface area contributed by atoms with Gasteiger partial charge in [0.25, 0.3) is 0 Å². The quantitative estimate of drug-likeness (QED) is 0.840. The molecular formula is C14H20ClN3O2. The fourth-order valence-electron chi connectivity index (χ4n) is 2.31. The van der Waals surface area contributed by atoms with Gasteiger partial charge in [-0.1, -0.05) is 6.07 Å². The van der Waals surface area contributed by atoms with Crippen molar-refractivity contribution in [2.24, 2.45) is 0 Å². The van der Waals surface area contributed by atoms with Gasteiger partial charge in [0.15, 0.2) is 0 Å². The Morgan fingerprint density at radius 2 is 2.10 bits per heavy atom. The Balaban J connectivity index is 0.00000200. The van der Waals surface area contributed by atoms with Crippen LogP contribution in [0.2, 0.25) is 0 Å². The van der Waals surface area contributed by atoms with Crippen LogP contribution in [0.25, 0.3) is 0 Å². The molecule has 6 heteroatoms. The summed E-state index contributed by atoms with van der Waals surface area (Å²) < 4.78 is 0. The third-order valence-electron chi connectivity index (χ3n) is 3.50. The van der Waals surface area contributed by atoms with Gasteiger partial charge in [-0.15, -0.1) is 12.4 Å². The molecule has 1 heterocycles. The lowest BCUT2D eigenvalue weighted by Gasteiger charge is -2.31. The van der Waals surface area contributed by atoms with E-state index in [1.54, 1.807) is 11.9 Å². The number of nitrogen functional groups attached to an aromatic ring is 1. The molecule has 1 aliphatic heterocycles. The number of nitrogens with two attached hydrogens (primary N) is 1. The van der Waals surface area contributed by atoms with Crippen LogP contribution in [-0.4, -0.2) is 36.9 Å². The summed E-state index contributed by atoms with van der Waals surface area (Å²) in [6.07, 6.45) is 1.80. The van der Waals surface area contributed by atoms with Crippen molar-refractivity contribution in [2.45, 2.75) is 19.8 Å². The number of fused-ring (bicyclic) bond motifs is 1. The van der Waals surface area contributed by atoms with E-state index < -0.39 is 0 Å². The van der Waals surface area contributed by atoms with Crippen LogP contribution in [-0.2, 0) is 16.0 Å². The SMILES string of the molecule is CC(=O)N(C)CC(=O)N1CCCc2c(N)cccc21.Cl. The number of carbonyl (C=O) groups excluding carboxylic acids is 2. The Kier molecular flexibility index (Phi) is 5.39. The van der Waals surface area contributed by atoms with Crippen LogP contribution in [0.3, 0.4) is 0 Å². The molecule has 1 aromatic carbocycles. The first-order valence-electron chi connectivity index (χ1n) is 6.40. The van der Waals surface area contributed by atoms with Crippen LogP contribution in [0, 0.1) is 0 Å². The number of carbonyl (C=O) groups is 2. The number of nitrogens with zero attached hydrogens (tertiary/aromatic N) is 2. The van der Waals surface area contributed by atoms with Crippen LogP contribution in [0.5, 0.6) is 0 Å². The highest BCUT2D eigenvalue weighted by molar-refractivity contribution is 5.98. The maximum Gasteiger partial charge on any atom is 0.246 e. The van der Waals surface area contributed by atoms with E-state index in [0.717, 1.165) is 29.8 Å². The van der Waals surface area contributed by atoms with E-state index in [9.17, 15) is 9.59 Å². The van der Waals surface area contributed by atoms with Crippen LogP contribution >= 0.6 is 12.4 Å². The van der Waals surface area contributed by atoms with E-state index >= 15 is 0 Å². The molecule has 0 aromatic heterocycles. The van der Waals surface area contributed by atoms with Crippen LogP contribution in [0.15, 0.2) is 18.2 Å². The van der Waals surface area contributed by atoms with Gasteiger partial charge in [-0.3, -0.25) is 9.59 Å². The number of anilines is 2. The normalized spacial score (nSPS) is 13.2. The van der Waals surface area contributed by atoms with Crippen molar-refractivity contribution in [1.29, 1.82) is 0 Å². The van der Waals surface area contributed by atoms with Crippen LogP contribution in [0.1, 0.15) is 18.9 Å². The topological polar surface area (TPSA) is 66.6 Å². The number of hydrogen-bond acceptors (Lipinski definition) is 3. The van der Waals surface area contributed by atoms with Gasteiger partial charge in [-0.05, 0) is 30.5 Å². The molecule has 0 spiro atoms. The third-order valence-corrected chi connectivity index (χ3v) is 3.50. The lowest BCUT2D eigenvalue weighted by Crippen LogP contribution is -2.43. The molecule has 0 aliphatic carbocycles. The summed E-state index contributed by atoms with van der Waals surface area (Å²) in [5.74, 6) is -0.178. The van der Waals surface area contributed by atoms with E-state index in [-0.39, 0.29) is 30.8 Å². The molecule has 0 unspecified atom stereocenters. The van der Waals surface area contributed by atoms with Crippen molar-refractivity contribution >= 4 is 35.6 Å². The first-order chi connectivity index (χ1) is 9.00. The summed E-state index contributed by atoms with van der Waals surface area (Å²) in [6.45, 7) is 2.24. The number of rotatable bonds is 2. The Morgan fingerprint density at radius 3 is 2.75 bits per heavy atom. The summed E-state index contributed by atoms with van der Waals surface area (Å²) in [6, 6.07) is 5.62. The highest BCUT2D eigenvalue weighted by Gasteiger charge is 2.24. The molecule has 0 radical (unpaired) electrons. The maximum absolute atomic E-state index is 12.3. The lowest BCUT2D eigenvalue weighted by atomic mass is 10.00. The molecule has 20 heavy (non-hydrogen) atoms. The Labute approximate surface area is 125 Å². The van der Waals surface area contributed by atoms with Crippen LogP contribution in [0.4, 0.5) is 11.4 Å². The molecule has 0 bridgehead atoms. The number of benzene rings is 1. The molecule has 2 N–H and O–H groups in total. The molecular weight excluding hydrogens is 278 g/mol. The zero-order chi connectivity index (χ0) is 14.0. The Bertz CT molecular complexity index is 519. The zero-order valence-corrected chi connectivity index (χ0v) is 12.6. The number of amides is 2. The first-order valence-corrected chi connectivity index (χ1v) is 6.40. The molecule has 1 aromatic rings. The van der Waals surface area contributed by atoms with Gasteiger partial charge < -0.3 is 15.5 Å². The molecule has 0 saturated carbocycles. The number of hydrogen-bond donors (Lipinski definition) is 1. The Morgan fingerprint density at radius 1 is 1.40 bits per heavy atom. The van der Waals surface area contributed by atoms with Gasteiger partial charge in [0.1, 0.15) is 0 Å². The fraction of sp³-hybridized carbons (Fsp3) is 0.429. The van der Waals surface area contributed by atoms with Crippen molar-refractivity contribution in [3.8, 4) is 0 Å². The summed E-state index contributed by atoms with van der Waals surface area (Å²) >= 11 is 0. The maximum atomic E-state index is 12.3. The van der Waals surface area contributed by atoms with Crippen molar-refractivity contribution < 1.29 is 9.59 Å². The van der Waals surface area contributed by atoms with E-state index in [1.165, 1.54) is 11.8 Å². The number of likely N-dealkylation sites (N-methyl/N-ethyl adjacent to an activating group) is 1. The molecule has 1 aliphatic rings. The standard InChI is InChI=1S/C14H19N3O2.ClH/c1-10(18)16(2)9-14(19)17-8-4-5-11-12(15)6-3-7-13(11)17;/h3,6-7H,4-5,8-9,15H2,1-2H3;1H. The summed E-state index contributed by atoms with van der Waals surface area (Å²) in [5.41, 5.74) is 8.60. The van der Waals surface area contributed by atoms with E-state index in [1.807, 2.05) is 18.2 Å². The highest BCUT2D eigenvalue weighted by atomic mass is 35.5. The average Bonchev–Trinajstić information content (AvgIpc) is 2.38. The zero-order valence-electron chi connectivity index (χ0n) is 11.8. The minimum Gasteiger partial charge on any atom is -0.398 e. The first kappa shape index (κ1) is 16.3. The van der Waals surface area contributed by atoms with Crippen molar-refractivity contribution in [2.75, 3.05) is 30.8 Å². The molecule has 2 rings (SSSR count). The second-order valence-electron chi connectivity index (χ2n) is 4.87. The van der Waals surface area contributed by atoms with Gasteiger partial charge in [-0.25, -0.2) is 0 Å². The molecule has 0 atom stereocenters. The Hall–Kier alpha value is -1.75. The third kappa shape index (κ3) is 3.22. The highest BCUT2D eigenvalue weighted by Crippen LogP contribution is 2.31. The van der Waals surface area contributed by atoms with E-state index in [4.69, 9.17) is 5.73 Å².